The fourth-order valence-corrected chi connectivity index (χ4v) is 2.01. The third-order valence-electron chi connectivity index (χ3n) is 3.02. The van der Waals surface area contributed by atoms with Gasteiger partial charge in [-0.15, -0.1) is 0 Å². The lowest BCUT2D eigenvalue weighted by Crippen LogP contribution is -2.01. The van der Waals surface area contributed by atoms with Gasteiger partial charge in [-0.25, -0.2) is 22.5 Å². The average molecular weight is 280 g/mol. The maximum absolute atomic E-state index is 13.6. The second-order valence-electron chi connectivity index (χ2n) is 4.36. The van der Waals surface area contributed by atoms with Crippen molar-refractivity contribution in [3.05, 3.63) is 65.5 Å². The first-order chi connectivity index (χ1) is 9.54. The second kappa shape index (κ2) is 4.63. The normalized spacial score (nSPS) is 11.2. The molecule has 0 radical (unpaired) electrons. The largest absolute Gasteiger partial charge is 0.326 e. The summed E-state index contributed by atoms with van der Waals surface area (Å²) >= 11 is 0. The fourth-order valence-electron chi connectivity index (χ4n) is 2.01. The van der Waals surface area contributed by atoms with Gasteiger partial charge in [-0.05, 0) is 6.07 Å². The summed E-state index contributed by atoms with van der Waals surface area (Å²) in [6, 6.07) is 5.18. The van der Waals surface area contributed by atoms with Crippen LogP contribution in [-0.2, 0) is 6.54 Å². The lowest BCUT2D eigenvalue weighted by molar-refractivity contribution is 0.510. The molecule has 102 valence electrons. The van der Waals surface area contributed by atoms with E-state index in [1.165, 1.54) is 17.0 Å². The molecule has 0 spiro atoms. The van der Waals surface area contributed by atoms with E-state index in [9.17, 15) is 17.6 Å². The molecule has 0 saturated carbocycles. The highest BCUT2D eigenvalue weighted by Crippen LogP contribution is 2.19. The van der Waals surface area contributed by atoms with E-state index in [0.717, 1.165) is 24.3 Å². The van der Waals surface area contributed by atoms with Crippen molar-refractivity contribution < 1.29 is 17.6 Å². The molecule has 3 rings (SSSR count). The molecule has 0 aliphatic rings. The van der Waals surface area contributed by atoms with Gasteiger partial charge < -0.3 is 4.57 Å². The van der Waals surface area contributed by atoms with Crippen LogP contribution in [0.4, 0.5) is 17.6 Å². The molecule has 0 N–H and O–H groups in total. The molecule has 0 atom stereocenters. The Morgan fingerprint density at radius 2 is 1.65 bits per heavy atom. The number of nitrogens with zero attached hydrogens (tertiary/aromatic N) is 2. The highest BCUT2D eigenvalue weighted by molar-refractivity contribution is 5.75. The summed E-state index contributed by atoms with van der Waals surface area (Å²) in [4.78, 5) is 3.92. The second-order valence-corrected chi connectivity index (χ2v) is 4.36. The Balaban J connectivity index is 2.04. The number of imidazole rings is 1. The first kappa shape index (κ1) is 12.7. The van der Waals surface area contributed by atoms with Crippen molar-refractivity contribution in [3.63, 3.8) is 0 Å². The van der Waals surface area contributed by atoms with Crippen LogP contribution in [0.1, 0.15) is 5.56 Å². The summed E-state index contributed by atoms with van der Waals surface area (Å²) in [5, 5.41) is 0. The molecule has 0 unspecified atom stereocenters. The number of hydrogen-bond donors (Lipinski definition) is 0. The molecule has 0 amide bonds. The van der Waals surface area contributed by atoms with Crippen molar-refractivity contribution >= 4 is 11.0 Å². The van der Waals surface area contributed by atoms with Gasteiger partial charge in [0.1, 0.15) is 11.6 Å². The summed E-state index contributed by atoms with van der Waals surface area (Å²) in [6.07, 6.45) is 1.35. The van der Waals surface area contributed by atoms with Crippen LogP contribution in [0.2, 0.25) is 0 Å². The first-order valence-corrected chi connectivity index (χ1v) is 5.78. The van der Waals surface area contributed by atoms with E-state index in [1.54, 1.807) is 0 Å². The molecule has 1 aromatic heterocycles. The molecule has 6 heteroatoms. The van der Waals surface area contributed by atoms with Crippen LogP contribution >= 0.6 is 0 Å². The van der Waals surface area contributed by atoms with E-state index in [1.807, 2.05) is 0 Å². The van der Waals surface area contributed by atoms with E-state index in [0.29, 0.717) is 5.52 Å². The van der Waals surface area contributed by atoms with Gasteiger partial charge in [-0.1, -0.05) is 6.07 Å². The molecule has 0 aliphatic carbocycles. The highest BCUT2D eigenvalue weighted by Gasteiger charge is 2.11. The van der Waals surface area contributed by atoms with Crippen LogP contribution in [-0.4, -0.2) is 9.55 Å². The smallest absolute Gasteiger partial charge is 0.161 e. The number of halogens is 4. The van der Waals surface area contributed by atoms with Crippen LogP contribution in [0.5, 0.6) is 0 Å². The molecule has 0 saturated heterocycles. The number of aromatic nitrogens is 2. The quantitative estimate of drug-likeness (QED) is 0.655. The molecule has 0 fully saturated rings. The summed E-state index contributed by atoms with van der Waals surface area (Å²) in [7, 11) is 0. The number of benzene rings is 2. The Bertz CT molecular complexity index is 795. The Kier molecular flexibility index (Phi) is 2.93. The summed E-state index contributed by atoms with van der Waals surface area (Å²) in [5.41, 5.74) is 0.842. The van der Waals surface area contributed by atoms with Crippen LogP contribution in [0, 0.1) is 23.3 Å². The first-order valence-electron chi connectivity index (χ1n) is 5.78. The van der Waals surface area contributed by atoms with Gasteiger partial charge in [0, 0.05) is 23.8 Å². The Morgan fingerprint density at radius 3 is 2.40 bits per heavy atom. The summed E-state index contributed by atoms with van der Waals surface area (Å²) in [5.74, 6) is -3.36. The highest BCUT2D eigenvalue weighted by atomic mass is 19.2. The van der Waals surface area contributed by atoms with E-state index >= 15 is 0 Å². The van der Waals surface area contributed by atoms with Crippen LogP contribution in [0.15, 0.2) is 36.7 Å². The van der Waals surface area contributed by atoms with Crippen LogP contribution in [0.3, 0.4) is 0 Å². The molecule has 0 bridgehead atoms. The molecule has 20 heavy (non-hydrogen) atoms. The molecule has 1 heterocycles. The predicted molar refractivity (Wildman–Crippen MR) is 65.1 cm³/mol. The maximum atomic E-state index is 13.6. The van der Waals surface area contributed by atoms with Gasteiger partial charge in [0.15, 0.2) is 11.6 Å². The van der Waals surface area contributed by atoms with Gasteiger partial charge in [0.25, 0.3) is 0 Å². The summed E-state index contributed by atoms with van der Waals surface area (Å²) in [6.45, 7) is 0.0493. The minimum Gasteiger partial charge on any atom is -0.326 e. The van der Waals surface area contributed by atoms with E-state index in [-0.39, 0.29) is 17.6 Å². The zero-order valence-electron chi connectivity index (χ0n) is 10.1. The number of fused-ring (bicyclic) bond motifs is 1. The van der Waals surface area contributed by atoms with E-state index < -0.39 is 23.3 Å². The molecular formula is C14H8F4N2. The SMILES string of the molecule is Fc1ccc(Cn2cnc3cc(F)c(F)cc32)c(F)c1. The third-order valence-corrected chi connectivity index (χ3v) is 3.02. The minimum atomic E-state index is -1.00. The topological polar surface area (TPSA) is 17.8 Å². The minimum absolute atomic E-state index is 0.0493. The van der Waals surface area contributed by atoms with Crippen molar-refractivity contribution in [1.82, 2.24) is 9.55 Å². The van der Waals surface area contributed by atoms with E-state index in [2.05, 4.69) is 4.98 Å². The van der Waals surface area contributed by atoms with Crippen molar-refractivity contribution in [1.29, 1.82) is 0 Å². The Labute approximate surface area is 111 Å². The Hall–Kier alpha value is -2.37. The molecular weight excluding hydrogens is 272 g/mol. The lowest BCUT2D eigenvalue weighted by atomic mass is 10.2. The van der Waals surface area contributed by atoms with Crippen LogP contribution in [0.25, 0.3) is 11.0 Å². The molecule has 2 aromatic carbocycles. The molecule has 3 aromatic rings. The van der Waals surface area contributed by atoms with Crippen LogP contribution < -0.4 is 0 Å². The van der Waals surface area contributed by atoms with Crippen molar-refractivity contribution in [2.24, 2.45) is 0 Å². The monoisotopic (exact) mass is 280 g/mol. The number of rotatable bonds is 2. The Morgan fingerprint density at radius 1 is 0.900 bits per heavy atom. The van der Waals surface area contributed by atoms with Gasteiger partial charge in [-0.3, -0.25) is 0 Å². The summed E-state index contributed by atoms with van der Waals surface area (Å²) < 4.78 is 54.2. The van der Waals surface area contributed by atoms with Gasteiger partial charge >= 0.3 is 0 Å². The van der Waals surface area contributed by atoms with Gasteiger partial charge in [0.05, 0.1) is 23.9 Å². The van der Waals surface area contributed by atoms with Crippen molar-refractivity contribution in [2.45, 2.75) is 6.54 Å². The van der Waals surface area contributed by atoms with Gasteiger partial charge in [-0.2, -0.15) is 0 Å². The predicted octanol–water partition coefficient (Wildman–Crippen LogP) is 3.64. The maximum Gasteiger partial charge on any atom is 0.161 e. The third kappa shape index (κ3) is 2.13. The average Bonchev–Trinajstić information content (AvgIpc) is 2.76. The zero-order chi connectivity index (χ0) is 14.3. The van der Waals surface area contributed by atoms with E-state index in [4.69, 9.17) is 0 Å². The van der Waals surface area contributed by atoms with Gasteiger partial charge in [0.2, 0.25) is 0 Å². The standard InChI is InChI=1S/C14H8F4N2/c15-9-2-1-8(10(16)3-9)6-20-7-19-13-4-11(17)12(18)5-14(13)20/h1-5,7H,6H2. The molecule has 2 nitrogen and oxygen atoms in total. The fraction of sp³-hybridized carbons (Fsp3) is 0.0714. The lowest BCUT2D eigenvalue weighted by Gasteiger charge is -2.06. The molecule has 0 aliphatic heterocycles. The van der Waals surface area contributed by atoms with Crippen molar-refractivity contribution in [3.8, 4) is 0 Å². The van der Waals surface area contributed by atoms with Crippen molar-refractivity contribution in [2.75, 3.05) is 0 Å². The zero-order valence-corrected chi connectivity index (χ0v) is 10.1. The number of hydrogen-bond acceptors (Lipinski definition) is 1.